The molecule has 0 aliphatic carbocycles. The van der Waals surface area contributed by atoms with Crippen molar-refractivity contribution in [3.8, 4) is 11.3 Å². The predicted octanol–water partition coefficient (Wildman–Crippen LogP) is 6.71. The van der Waals surface area contributed by atoms with Gasteiger partial charge in [0.25, 0.3) is 5.91 Å². The van der Waals surface area contributed by atoms with Gasteiger partial charge in [0.2, 0.25) is 0 Å². The molecule has 1 aromatic heterocycles. The zero-order valence-corrected chi connectivity index (χ0v) is 22.6. The Kier molecular flexibility index (Phi) is 8.27. The smallest absolute Gasteiger partial charge is 0.409 e. The normalized spacial score (nSPS) is 13.9. The van der Waals surface area contributed by atoms with Gasteiger partial charge in [-0.25, -0.2) is 4.79 Å². The summed E-state index contributed by atoms with van der Waals surface area (Å²) in [6.45, 7) is 8.30. The van der Waals surface area contributed by atoms with Crippen molar-refractivity contribution in [2.24, 2.45) is 0 Å². The molecule has 1 aliphatic rings. The van der Waals surface area contributed by atoms with Gasteiger partial charge in [0.1, 0.15) is 11.3 Å². The van der Waals surface area contributed by atoms with E-state index in [4.69, 9.17) is 9.15 Å². The van der Waals surface area contributed by atoms with Crippen LogP contribution in [-0.2, 0) is 11.3 Å². The number of hydrogen-bond donors (Lipinski definition) is 1. The number of fused-ring (bicyclic) bond motifs is 1. The van der Waals surface area contributed by atoms with Crippen LogP contribution in [0.1, 0.15) is 41.3 Å². The van der Waals surface area contributed by atoms with Gasteiger partial charge in [0, 0.05) is 49.2 Å². The van der Waals surface area contributed by atoms with E-state index in [9.17, 15) is 9.59 Å². The average Bonchev–Trinajstić information content (AvgIpc) is 3.37. The highest BCUT2D eigenvalue weighted by molar-refractivity contribution is 6.06. The van der Waals surface area contributed by atoms with E-state index in [1.54, 1.807) is 4.90 Å². The lowest BCUT2D eigenvalue weighted by molar-refractivity contribution is 0.0737. The fourth-order valence-electron chi connectivity index (χ4n) is 4.75. The first kappa shape index (κ1) is 26.5. The van der Waals surface area contributed by atoms with Crippen molar-refractivity contribution in [1.29, 1.82) is 0 Å². The number of rotatable bonds is 8. The van der Waals surface area contributed by atoms with Crippen LogP contribution in [0.2, 0.25) is 0 Å². The van der Waals surface area contributed by atoms with Gasteiger partial charge in [-0.3, -0.25) is 9.69 Å². The number of anilines is 1. The van der Waals surface area contributed by atoms with Gasteiger partial charge in [0.15, 0.2) is 0 Å². The van der Waals surface area contributed by atoms with Crippen LogP contribution in [-0.4, -0.2) is 54.6 Å². The lowest BCUT2D eigenvalue weighted by Crippen LogP contribution is -2.48. The molecular formula is C32H35N3O4. The van der Waals surface area contributed by atoms with Gasteiger partial charge < -0.3 is 19.4 Å². The number of ether oxygens (including phenoxy) is 1. The van der Waals surface area contributed by atoms with Gasteiger partial charge in [-0.1, -0.05) is 55.3 Å². The summed E-state index contributed by atoms with van der Waals surface area (Å²) in [4.78, 5) is 29.2. The Labute approximate surface area is 229 Å². The second-order valence-electron chi connectivity index (χ2n) is 10.1. The number of carbonyl (C=O) groups is 2. The van der Waals surface area contributed by atoms with Gasteiger partial charge in [-0.2, -0.15) is 0 Å². The summed E-state index contributed by atoms with van der Waals surface area (Å²) in [5, 5.41) is 4.05. The maximum absolute atomic E-state index is 12.9. The molecular weight excluding hydrogens is 490 g/mol. The van der Waals surface area contributed by atoms with E-state index in [-0.39, 0.29) is 12.0 Å². The fourth-order valence-corrected chi connectivity index (χ4v) is 4.75. The molecule has 1 saturated heterocycles. The molecule has 2 amide bonds. The van der Waals surface area contributed by atoms with Gasteiger partial charge in [-0.05, 0) is 55.3 Å². The van der Waals surface area contributed by atoms with Crippen LogP contribution in [0.25, 0.3) is 22.3 Å². The van der Waals surface area contributed by atoms with Crippen LogP contribution in [0.4, 0.5) is 10.5 Å². The number of piperazine rings is 1. The molecule has 7 nitrogen and oxygen atoms in total. The zero-order valence-electron chi connectivity index (χ0n) is 22.6. The molecule has 2 heterocycles. The van der Waals surface area contributed by atoms with Crippen LogP contribution in [0.3, 0.4) is 0 Å². The molecule has 7 heteroatoms. The number of amides is 2. The molecule has 1 aliphatic heterocycles. The first-order valence-corrected chi connectivity index (χ1v) is 13.6. The van der Waals surface area contributed by atoms with Crippen molar-refractivity contribution in [2.75, 3.05) is 38.1 Å². The maximum atomic E-state index is 12.9. The number of carbonyl (C=O) groups excluding carboxylic acids is 2. The van der Waals surface area contributed by atoms with E-state index in [1.165, 1.54) is 0 Å². The molecule has 0 radical (unpaired) electrons. The molecule has 0 unspecified atom stereocenters. The number of nitrogens with one attached hydrogen (secondary N) is 1. The van der Waals surface area contributed by atoms with Crippen LogP contribution >= 0.6 is 0 Å². The lowest BCUT2D eigenvalue weighted by Gasteiger charge is -2.34. The Bertz CT molecular complexity index is 1440. The molecule has 39 heavy (non-hydrogen) atoms. The van der Waals surface area contributed by atoms with Crippen LogP contribution in [0.15, 0.2) is 77.2 Å². The molecule has 5 rings (SSSR count). The Morgan fingerprint density at radius 3 is 2.49 bits per heavy atom. The van der Waals surface area contributed by atoms with Crippen molar-refractivity contribution in [2.45, 2.75) is 33.2 Å². The Hall–Kier alpha value is -4.10. The second-order valence-corrected chi connectivity index (χ2v) is 10.1. The van der Waals surface area contributed by atoms with Gasteiger partial charge >= 0.3 is 6.09 Å². The van der Waals surface area contributed by atoms with E-state index >= 15 is 0 Å². The summed E-state index contributed by atoms with van der Waals surface area (Å²) >= 11 is 0. The summed E-state index contributed by atoms with van der Waals surface area (Å²) in [6, 6.07) is 23.5. The minimum atomic E-state index is -0.206. The van der Waals surface area contributed by atoms with Crippen molar-refractivity contribution in [3.05, 3.63) is 89.5 Å². The number of para-hydroxylation sites is 1. The number of benzene rings is 3. The van der Waals surface area contributed by atoms with Crippen LogP contribution in [0, 0.1) is 6.92 Å². The van der Waals surface area contributed by atoms with E-state index < -0.39 is 0 Å². The third-order valence-corrected chi connectivity index (χ3v) is 7.10. The number of aryl methyl sites for hydroxylation is 1. The first-order valence-electron chi connectivity index (χ1n) is 13.6. The molecule has 1 fully saturated rings. The van der Waals surface area contributed by atoms with Gasteiger partial charge in [-0.15, -0.1) is 0 Å². The minimum absolute atomic E-state index is 0.157. The number of unbranched alkanes of at least 4 members (excludes halogenated alkanes) is 1. The molecule has 0 saturated carbocycles. The highest BCUT2D eigenvalue weighted by atomic mass is 16.6. The Balaban J connectivity index is 1.25. The summed E-state index contributed by atoms with van der Waals surface area (Å²) in [5.74, 6) is 0.548. The highest BCUT2D eigenvalue weighted by Crippen LogP contribution is 2.33. The van der Waals surface area contributed by atoms with E-state index in [1.807, 2.05) is 61.5 Å². The quantitative estimate of drug-likeness (QED) is 0.259. The standard InChI is InChI=1S/C32H35N3O4/c1-3-4-19-38-32(37)35-17-15-34(16-18-35)22-24-11-14-26-21-30(39-29(26)20-24)27-7-5-6-8-28(27)33-31(36)25-12-9-23(2)10-13-25/h5-14,20-21H,3-4,15-19,22H2,1-2H3,(H,33,36). The SMILES string of the molecule is CCCCOC(=O)N1CCN(Cc2ccc3cc(-c4ccccc4NC(=O)c4ccc(C)cc4)oc3c2)CC1. The van der Waals surface area contributed by atoms with E-state index in [0.29, 0.717) is 36.7 Å². The number of furan rings is 1. The molecule has 3 aromatic carbocycles. The van der Waals surface area contributed by atoms with E-state index in [0.717, 1.165) is 60.1 Å². The largest absolute Gasteiger partial charge is 0.456 e. The van der Waals surface area contributed by atoms with Crippen molar-refractivity contribution >= 4 is 28.7 Å². The fraction of sp³-hybridized carbons (Fsp3) is 0.312. The van der Waals surface area contributed by atoms with Gasteiger partial charge in [0.05, 0.1) is 12.3 Å². The average molecular weight is 526 g/mol. The third-order valence-electron chi connectivity index (χ3n) is 7.10. The predicted molar refractivity (Wildman–Crippen MR) is 154 cm³/mol. The lowest BCUT2D eigenvalue weighted by atomic mass is 10.1. The minimum Gasteiger partial charge on any atom is -0.456 e. The Morgan fingerprint density at radius 2 is 1.72 bits per heavy atom. The monoisotopic (exact) mass is 525 g/mol. The molecule has 4 aromatic rings. The van der Waals surface area contributed by atoms with Crippen molar-refractivity contribution < 1.29 is 18.7 Å². The zero-order chi connectivity index (χ0) is 27.2. The molecule has 0 atom stereocenters. The molecule has 0 spiro atoms. The molecule has 202 valence electrons. The topological polar surface area (TPSA) is 75.0 Å². The van der Waals surface area contributed by atoms with E-state index in [2.05, 4.69) is 35.3 Å². The molecule has 0 bridgehead atoms. The van der Waals surface area contributed by atoms with Crippen LogP contribution in [0.5, 0.6) is 0 Å². The summed E-state index contributed by atoms with van der Waals surface area (Å²) in [7, 11) is 0. The summed E-state index contributed by atoms with van der Waals surface area (Å²) in [6.07, 6.45) is 1.71. The number of hydrogen-bond acceptors (Lipinski definition) is 5. The third kappa shape index (κ3) is 6.49. The maximum Gasteiger partial charge on any atom is 0.409 e. The van der Waals surface area contributed by atoms with Crippen molar-refractivity contribution in [1.82, 2.24) is 9.80 Å². The molecule has 1 N–H and O–H groups in total. The first-order chi connectivity index (χ1) is 19.0. The summed E-state index contributed by atoms with van der Waals surface area (Å²) < 4.78 is 11.6. The second kappa shape index (κ2) is 12.2. The summed E-state index contributed by atoms with van der Waals surface area (Å²) in [5.41, 5.74) is 5.21. The van der Waals surface area contributed by atoms with Crippen LogP contribution < -0.4 is 5.32 Å². The highest BCUT2D eigenvalue weighted by Gasteiger charge is 2.22. The Morgan fingerprint density at radius 1 is 0.949 bits per heavy atom. The van der Waals surface area contributed by atoms with Crippen molar-refractivity contribution in [3.63, 3.8) is 0 Å². The number of nitrogens with zero attached hydrogens (tertiary/aromatic N) is 2.